The van der Waals surface area contributed by atoms with Crippen LogP contribution in [0.25, 0.3) is 10.9 Å². The third-order valence-electron chi connectivity index (χ3n) is 5.29. The number of hydrogen-bond acceptors (Lipinski definition) is 5. The van der Waals surface area contributed by atoms with Gasteiger partial charge in [0.25, 0.3) is 0 Å². The largest absolute Gasteiger partial charge is 0.508 e. The number of phenolic OH excluding ortho intramolecular Hbond substituents is 1. The Bertz CT molecular complexity index is 1210. The van der Waals surface area contributed by atoms with Gasteiger partial charge in [-0.1, -0.05) is 23.7 Å². The third kappa shape index (κ3) is 4.57. The molecule has 1 aromatic heterocycles. The minimum Gasteiger partial charge on any atom is -0.508 e. The van der Waals surface area contributed by atoms with E-state index in [4.69, 9.17) is 11.6 Å². The minimum absolute atomic E-state index is 0.0149. The van der Waals surface area contributed by atoms with E-state index in [9.17, 15) is 23.9 Å². The molecule has 0 bridgehead atoms. The van der Waals surface area contributed by atoms with E-state index < -0.39 is 11.7 Å². The Balaban J connectivity index is 1.45. The van der Waals surface area contributed by atoms with Crippen LogP contribution in [0.15, 0.2) is 36.4 Å². The summed E-state index contributed by atoms with van der Waals surface area (Å²) >= 11 is 5.76. The second kappa shape index (κ2) is 8.96. The number of fused-ring (bicyclic) bond motifs is 1. The van der Waals surface area contributed by atoms with Crippen molar-refractivity contribution < 1.29 is 23.9 Å². The maximum absolute atomic E-state index is 14.0. The highest BCUT2D eigenvalue weighted by molar-refractivity contribution is 6.30. The molecule has 1 saturated carbocycles. The van der Waals surface area contributed by atoms with Gasteiger partial charge in [0.1, 0.15) is 23.8 Å². The van der Waals surface area contributed by atoms with Gasteiger partial charge in [-0.05, 0) is 37.1 Å². The van der Waals surface area contributed by atoms with Crippen LogP contribution in [0.2, 0.25) is 5.02 Å². The second-order valence-corrected chi connectivity index (χ2v) is 8.01. The molecule has 10 heteroatoms. The molecule has 3 aromatic rings. The van der Waals surface area contributed by atoms with Gasteiger partial charge in [0.15, 0.2) is 6.29 Å². The van der Waals surface area contributed by atoms with E-state index in [0.29, 0.717) is 17.2 Å². The zero-order chi connectivity index (χ0) is 22.8. The van der Waals surface area contributed by atoms with E-state index in [-0.39, 0.29) is 53.6 Å². The van der Waals surface area contributed by atoms with Crippen molar-refractivity contribution in [1.82, 2.24) is 20.0 Å². The number of rotatable bonds is 8. The Labute approximate surface area is 187 Å². The lowest BCUT2D eigenvalue weighted by molar-refractivity contribution is -0.137. The Morgan fingerprint density at radius 2 is 2.09 bits per heavy atom. The maximum Gasteiger partial charge on any atom is 0.245 e. The molecule has 166 valence electrons. The number of aromatic hydroxyl groups is 1. The fraction of sp³-hybridized carbons (Fsp3) is 0.273. The highest BCUT2D eigenvalue weighted by atomic mass is 35.5. The molecule has 8 nitrogen and oxygen atoms in total. The molecule has 4 rings (SSSR count). The first-order valence-electron chi connectivity index (χ1n) is 10.0. The van der Waals surface area contributed by atoms with Crippen LogP contribution in [0.1, 0.15) is 28.9 Å². The summed E-state index contributed by atoms with van der Waals surface area (Å²) in [6.07, 6.45) is 2.13. The summed E-state index contributed by atoms with van der Waals surface area (Å²) in [5.74, 6) is -1.36. The number of halogens is 2. The summed E-state index contributed by atoms with van der Waals surface area (Å²) < 4.78 is 15.4. The zero-order valence-corrected chi connectivity index (χ0v) is 17.7. The molecular formula is C22H20ClFN4O4. The van der Waals surface area contributed by atoms with Gasteiger partial charge in [0, 0.05) is 23.5 Å². The number of nitrogens with one attached hydrogen (secondary N) is 1. The van der Waals surface area contributed by atoms with Crippen LogP contribution in [-0.2, 0) is 22.7 Å². The molecule has 2 aromatic carbocycles. The lowest BCUT2D eigenvalue weighted by atomic mass is 10.2. The standard InChI is InChI=1S/C22H20ClFN4O4/c23-17-3-1-2-13(22(17)24)9-25-20(31)10-27(14-4-5-14)21(32)11-28-19-7-6-15(30)8-16(19)18(12-29)26-28/h1-3,6-8,12,14,30H,4-5,9-11H2,(H,25,31). The number of amides is 2. The summed E-state index contributed by atoms with van der Waals surface area (Å²) in [6.45, 7) is -0.387. The quantitative estimate of drug-likeness (QED) is 0.505. The highest BCUT2D eigenvalue weighted by Crippen LogP contribution is 2.28. The van der Waals surface area contributed by atoms with Gasteiger partial charge in [-0.15, -0.1) is 0 Å². The van der Waals surface area contributed by atoms with Crippen molar-refractivity contribution in [3.05, 3.63) is 58.5 Å². The number of aldehydes is 1. The molecule has 32 heavy (non-hydrogen) atoms. The smallest absolute Gasteiger partial charge is 0.245 e. The van der Waals surface area contributed by atoms with Crippen molar-refractivity contribution in [2.45, 2.75) is 32.0 Å². The molecule has 1 aliphatic rings. The van der Waals surface area contributed by atoms with Gasteiger partial charge in [0.05, 0.1) is 17.1 Å². The number of aromatic nitrogens is 2. The third-order valence-corrected chi connectivity index (χ3v) is 5.58. The van der Waals surface area contributed by atoms with Gasteiger partial charge < -0.3 is 15.3 Å². The average molecular weight is 459 g/mol. The van der Waals surface area contributed by atoms with Crippen molar-refractivity contribution in [1.29, 1.82) is 0 Å². The van der Waals surface area contributed by atoms with E-state index >= 15 is 0 Å². The van der Waals surface area contributed by atoms with E-state index in [1.54, 1.807) is 12.1 Å². The first-order valence-corrected chi connectivity index (χ1v) is 10.4. The van der Waals surface area contributed by atoms with Crippen LogP contribution in [0.5, 0.6) is 5.75 Å². The van der Waals surface area contributed by atoms with Crippen LogP contribution in [0.4, 0.5) is 4.39 Å². The zero-order valence-electron chi connectivity index (χ0n) is 16.9. The molecule has 2 N–H and O–H groups in total. The Kier molecular flexibility index (Phi) is 6.09. The monoisotopic (exact) mass is 458 g/mol. The lowest BCUT2D eigenvalue weighted by Gasteiger charge is -2.22. The van der Waals surface area contributed by atoms with E-state index in [1.807, 2.05) is 0 Å². The number of carbonyl (C=O) groups is 3. The molecule has 0 saturated heterocycles. The van der Waals surface area contributed by atoms with Gasteiger partial charge in [-0.2, -0.15) is 5.10 Å². The molecule has 1 aliphatic carbocycles. The number of carbonyl (C=O) groups excluding carboxylic acids is 3. The molecular weight excluding hydrogens is 439 g/mol. The topological polar surface area (TPSA) is 105 Å². The second-order valence-electron chi connectivity index (χ2n) is 7.60. The molecule has 1 heterocycles. The highest BCUT2D eigenvalue weighted by Gasteiger charge is 2.34. The Morgan fingerprint density at radius 1 is 1.31 bits per heavy atom. The fourth-order valence-electron chi connectivity index (χ4n) is 3.52. The molecule has 1 fully saturated rings. The van der Waals surface area contributed by atoms with Gasteiger partial charge in [-0.25, -0.2) is 4.39 Å². The molecule has 0 aliphatic heterocycles. The first kappa shape index (κ1) is 21.8. The van der Waals surface area contributed by atoms with Crippen molar-refractivity contribution in [3.63, 3.8) is 0 Å². The number of phenols is 1. The number of hydrogen-bond donors (Lipinski definition) is 2. The molecule has 0 atom stereocenters. The molecule has 0 radical (unpaired) electrons. The first-order chi connectivity index (χ1) is 15.4. The van der Waals surface area contributed by atoms with Crippen molar-refractivity contribution in [3.8, 4) is 5.75 Å². The van der Waals surface area contributed by atoms with Crippen molar-refractivity contribution in [2.75, 3.05) is 6.54 Å². The predicted octanol–water partition coefficient (Wildman–Crippen LogP) is 2.65. The molecule has 0 spiro atoms. The minimum atomic E-state index is -0.591. The Hall–Kier alpha value is -3.46. The van der Waals surface area contributed by atoms with E-state index in [2.05, 4.69) is 10.4 Å². The van der Waals surface area contributed by atoms with Crippen LogP contribution in [0, 0.1) is 5.82 Å². The van der Waals surface area contributed by atoms with E-state index in [0.717, 1.165) is 12.8 Å². The summed E-state index contributed by atoms with van der Waals surface area (Å²) in [6, 6.07) is 8.92. The molecule has 0 unspecified atom stereocenters. The van der Waals surface area contributed by atoms with Crippen LogP contribution in [-0.4, -0.2) is 50.5 Å². The number of benzene rings is 2. The number of nitrogens with zero attached hydrogens (tertiary/aromatic N) is 3. The summed E-state index contributed by atoms with van der Waals surface area (Å²) in [5.41, 5.74) is 0.889. The lowest BCUT2D eigenvalue weighted by Crippen LogP contribution is -2.43. The van der Waals surface area contributed by atoms with Gasteiger partial charge in [-0.3, -0.25) is 19.1 Å². The van der Waals surface area contributed by atoms with Gasteiger partial charge in [0.2, 0.25) is 11.8 Å². The molecule has 2 amide bonds. The summed E-state index contributed by atoms with van der Waals surface area (Å²) in [5, 5.41) is 16.9. The Morgan fingerprint density at radius 3 is 2.81 bits per heavy atom. The van der Waals surface area contributed by atoms with Crippen LogP contribution in [0.3, 0.4) is 0 Å². The van der Waals surface area contributed by atoms with Gasteiger partial charge >= 0.3 is 0 Å². The predicted molar refractivity (Wildman–Crippen MR) is 115 cm³/mol. The normalized spacial score (nSPS) is 13.2. The van der Waals surface area contributed by atoms with Crippen LogP contribution >= 0.6 is 11.6 Å². The SMILES string of the molecule is O=Cc1nn(CC(=O)N(CC(=O)NCc2cccc(Cl)c2F)C2CC2)c2ccc(O)cc12. The van der Waals surface area contributed by atoms with E-state index in [1.165, 1.54) is 33.8 Å². The fourth-order valence-corrected chi connectivity index (χ4v) is 3.71. The average Bonchev–Trinajstić information content (AvgIpc) is 3.55. The van der Waals surface area contributed by atoms with Crippen molar-refractivity contribution >= 4 is 40.6 Å². The van der Waals surface area contributed by atoms with Crippen LogP contribution < -0.4 is 5.32 Å². The summed E-state index contributed by atoms with van der Waals surface area (Å²) in [7, 11) is 0. The summed E-state index contributed by atoms with van der Waals surface area (Å²) in [4.78, 5) is 38.2. The maximum atomic E-state index is 14.0. The van der Waals surface area contributed by atoms with Crippen molar-refractivity contribution in [2.24, 2.45) is 0 Å².